The Labute approximate surface area is 232 Å². The second-order valence-electron chi connectivity index (χ2n) is 10.7. The van der Waals surface area contributed by atoms with E-state index in [0.29, 0.717) is 22.6 Å². The molecule has 8 nitrogen and oxygen atoms in total. The summed E-state index contributed by atoms with van der Waals surface area (Å²) in [6, 6.07) is 12.7. The van der Waals surface area contributed by atoms with Crippen LogP contribution < -0.4 is 17.0 Å². The van der Waals surface area contributed by atoms with Crippen molar-refractivity contribution in [3.8, 4) is 5.69 Å². The third kappa shape index (κ3) is 3.95. The van der Waals surface area contributed by atoms with E-state index < -0.39 is 34.1 Å². The van der Waals surface area contributed by atoms with Crippen molar-refractivity contribution >= 4 is 44.6 Å². The number of halogens is 1. The van der Waals surface area contributed by atoms with Crippen LogP contribution in [0.4, 0.5) is 0 Å². The van der Waals surface area contributed by atoms with Crippen molar-refractivity contribution in [2.24, 2.45) is 5.73 Å². The van der Waals surface area contributed by atoms with Crippen LogP contribution in [-0.4, -0.2) is 30.3 Å². The zero-order chi connectivity index (χ0) is 27.8. The van der Waals surface area contributed by atoms with Crippen LogP contribution >= 0.6 is 22.9 Å². The predicted molar refractivity (Wildman–Crippen MR) is 153 cm³/mol. The number of H-pyrrole nitrogens is 1. The van der Waals surface area contributed by atoms with Gasteiger partial charge in [0.25, 0.3) is 5.56 Å². The van der Waals surface area contributed by atoms with Gasteiger partial charge in [-0.3, -0.25) is 14.0 Å². The van der Waals surface area contributed by atoms with E-state index in [2.05, 4.69) is 4.98 Å². The van der Waals surface area contributed by atoms with Gasteiger partial charge in [0.1, 0.15) is 4.83 Å². The molecule has 3 heterocycles. The highest BCUT2D eigenvalue weighted by atomic mass is 35.5. The molecule has 0 saturated heterocycles. The second-order valence-corrected chi connectivity index (χ2v) is 12.1. The van der Waals surface area contributed by atoms with Crippen LogP contribution in [0.3, 0.4) is 0 Å². The maximum atomic E-state index is 13.3. The van der Waals surface area contributed by atoms with Gasteiger partial charge >= 0.3 is 5.69 Å². The molecule has 0 aliphatic heterocycles. The fraction of sp³-hybridized carbons (Fsp3) is 0.276. The van der Waals surface area contributed by atoms with Crippen LogP contribution in [0, 0.1) is 6.92 Å². The van der Waals surface area contributed by atoms with Crippen LogP contribution in [0.25, 0.3) is 21.4 Å². The lowest BCUT2D eigenvalue weighted by Crippen LogP contribution is -2.36. The topological polar surface area (TPSA) is 123 Å². The Morgan fingerprint density at radius 3 is 2.69 bits per heavy atom. The van der Waals surface area contributed by atoms with Gasteiger partial charge in [-0.1, -0.05) is 24.3 Å². The highest BCUT2D eigenvalue weighted by Gasteiger charge is 2.41. The number of fused-ring (bicyclic) bond motifs is 4. The Morgan fingerprint density at radius 1 is 1.21 bits per heavy atom. The molecular weight excluding hydrogens is 536 g/mol. The Kier molecular flexibility index (Phi) is 5.87. The number of aliphatic hydroxyl groups is 1. The standard InChI is InChI=1S/C29H27ClN4O4S/c1-14-16(5-4-6-21(14)34-22(35)13-23-33(28(34)37)9-10-39-23)24-19(30)12-18(27(31)36)26-25(24)17-8-7-15(29(2,3)38)11-20(17)32-26/h4-11,13,18-19,24,32,38H,12H2,1-3H3,(H2,31,36). The summed E-state index contributed by atoms with van der Waals surface area (Å²) in [5, 5.41) is 12.7. The summed E-state index contributed by atoms with van der Waals surface area (Å²) < 4.78 is 2.64. The number of hydrogen-bond donors (Lipinski definition) is 3. The number of aromatic amines is 1. The number of nitrogens with one attached hydrogen (secondary N) is 1. The fourth-order valence-corrected chi connectivity index (χ4v) is 7.05. The molecule has 2 aromatic carbocycles. The first-order valence-corrected chi connectivity index (χ1v) is 13.9. The van der Waals surface area contributed by atoms with E-state index in [-0.39, 0.29) is 5.92 Å². The molecule has 10 heteroatoms. The Hall–Kier alpha value is -3.66. The number of alkyl halides is 1. The summed E-state index contributed by atoms with van der Waals surface area (Å²) in [6.45, 7) is 5.31. The minimum atomic E-state index is -1.05. The second kappa shape index (κ2) is 8.94. The monoisotopic (exact) mass is 562 g/mol. The van der Waals surface area contributed by atoms with E-state index in [4.69, 9.17) is 17.3 Å². The SMILES string of the molecule is Cc1c(C2c3c([nH]c4cc(C(C)(C)O)ccc34)C(C(N)=O)CC2Cl)cccc1-n1c(=O)cc2sccn2c1=O. The molecule has 0 bridgehead atoms. The average molecular weight is 563 g/mol. The van der Waals surface area contributed by atoms with Gasteiger partial charge in [0, 0.05) is 45.5 Å². The third-order valence-corrected chi connectivity index (χ3v) is 9.07. The molecule has 0 saturated carbocycles. The summed E-state index contributed by atoms with van der Waals surface area (Å²) >= 11 is 8.37. The third-order valence-electron chi connectivity index (χ3n) is 7.83. The summed E-state index contributed by atoms with van der Waals surface area (Å²) in [5.74, 6) is -1.42. The number of benzene rings is 2. The van der Waals surface area contributed by atoms with Crippen LogP contribution in [0.5, 0.6) is 0 Å². The quantitative estimate of drug-likeness (QED) is 0.283. The zero-order valence-corrected chi connectivity index (χ0v) is 23.1. The first kappa shape index (κ1) is 25.6. The van der Waals surface area contributed by atoms with Gasteiger partial charge in [-0.15, -0.1) is 22.9 Å². The largest absolute Gasteiger partial charge is 0.386 e. The number of nitrogens with two attached hydrogens (primary N) is 1. The molecule has 4 N–H and O–H groups in total. The molecular formula is C29H27ClN4O4S. The Morgan fingerprint density at radius 2 is 1.97 bits per heavy atom. The minimum absolute atomic E-state index is 0.326. The number of primary amides is 1. The van der Waals surface area contributed by atoms with Crippen molar-refractivity contribution in [3.05, 3.63) is 103 Å². The van der Waals surface area contributed by atoms with E-state index in [1.54, 1.807) is 31.5 Å². The number of aromatic nitrogens is 3. The maximum Gasteiger partial charge on any atom is 0.340 e. The number of carbonyl (C=O) groups excluding carboxylic acids is 1. The summed E-state index contributed by atoms with van der Waals surface area (Å²) in [5.41, 5.74) is 9.06. The van der Waals surface area contributed by atoms with Crippen LogP contribution in [0.2, 0.25) is 0 Å². The van der Waals surface area contributed by atoms with Gasteiger partial charge in [0.2, 0.25) is 5.91 Å². The number of thiazole rings is 1. The normalized spacial score (nSPS) is 19.5. The van der Waals surface area contributed by atoms with Gasteiger partial charge in [-0.05, 0) is 61.6 Å². The summed E-state index contributed by atoms with van der Waals surface area (Å²) in [4.78, 5) is 42.9. The first-order chi connectivity index (χ1) is 18.5. The Bertz CT molecular complexity index is 1910. The van der Waals surface area contributed by atoms with Gasteiger partial charge in [-0.25, -0.2) is 9.36 Å². The molecule has 0 radical (unpaired) electrons. The molecule has 6 rings (SSSR count). The van der Waals surface area contributed by atoms with E-state index >= 15 is 0 Å². The molecule has 3 atom stereocenters. The van der Waals surface area contributed by atoms with Crippen molar-refractivity contribution in [1.82, 2.24) is 14.0 Å². The predicted octanol–water partition coefficient (Wildman–Crippen LogP) is 4.24. The average Bonchev–Trinajstić information content (AvgIpc) is 3.49. The van der Waals surface area contributed by atoms with Crippen LogP contribution in [-0.2, 0) is 10.4 Å². The molecule has 200 valence electrons. The number of carbonyl (C=O) groups is 1. The van der Waals surface area contributed by atoms with E-state index in [9.17, 15) is 19.5 Å². The lowest BCUT2D eigenvalue weighted by molar-refractivity contribution is -0.119. The molecule has 0 spiro atoms. The molecule has 0 fully saturated rings. The fourth-order valence-electron chi connectivity index (χ4n) is 5.87. The van der Waals surface area contributed by atoms with Crippen molar-refractivity contribution in [3.63, 3.8) is 0 Å². The van der Waals surface area contributed by atoms with Gasteiger partial charge < -0.3 is 15.8 Å². The number of nitrogens with zero attached hydrogens (tertiary/aromatic N) is 2. The molecule has 39 heavy (non-hydrogen) atoms. The lowest BCUT2D eigenvalue weighted by atomic mass is 9.74. The molecule has 1 aliphatic carbocycles. The molecule has 1 amide bonds. The number of hydrogen-bond acceptors (Lipinski definition) is 5. The highest BCUT2D eigenvalue weighted by Crippen LogP contribution is 2.49. The summed E-state index contributed by atoms with van der Waals surface area (Å²) in [6.07, 6.45) is 1.98. The Balaban J connectivity index is 1.60. The highest BCUT2D eigenvalue weighted by molar-refractivity contribution is 7.15. The first-order valence-electron chi connectivity index (χ1n) is 12.6. The summed E-state index contributed by atoms with van der Waals surface area (Å²) in [7, 11) is 0. The zero-order valence-electron chi connectivity index (χ0n) is 21.6. The van der Waals surface area contributed by atoms with Crippen LogP contribution in [0.15, 0.2) is 63.6 Å². The minimum Gasteiger partial charge on any atom is -0.386 e. The molecule has 3 aromatic heterocycles. The van der Waals surface area contributed by atoms with E-state index in [0.717, 1.165) is 33.2 Å². The van der Waals surface area contributed by atoms with Gasteiger partial charge in [0.05, 0.1) is 17.2 Å². The number of amides is 1. The van der Waals surface area contributed by atoms with E-state index in [1.165, 1.54) is 26.4 Å². The number of rotatable bonds is 4. The van der Waals surface area contributed by atoms with Crippen molar-refractivity contribution in [2.75, 3.05) is 0 Å². The van der Waals surface area contributed by atoms with Crippen molar-refractivity contribution < 1.29 is 9.90 Å². The van der Waals surface area contributed by atoms with Crippen molar-refractivity contribution in [2.45, 2.75) is 50.0 Å². The lowest BCUT2D eigenvalue weighted by Gasteiger charge is -2.33. The maximum absolute atomic E-state index is 13.3. The van der Waals surface area contributed by atoms with Gasteiger partial charge in [0.15, 0.2) is 0 Å². The van der Waals surface area contributed by atoms with E-state index in [1.807, 2.05) is 37.3 Å². The molecule has 5 aromatic rings. The smallest absolute Gasteiger partial charge is 0.340 e. The van der Waals surface area contributed by atoms with Gasteiger partial charge in [-0.2, -0.15) is 0 Å². The van der Waals surface area contributed by atoms with Crippen molar-refractivity contribution in [1.29, 1.82) is 0 Å². The van der Waals surface area contributed by atoms with Crippen LogP contribution in [0.1, 0.15) is 60.1 Å². The molecule has 3 unspecified atom stereocenters. The molecule has 1 aliphatic rings.